The maximum absolute atomic E-state index is 11.8. The van der Waals surface area contributed by atoms with Crippen LogP contribution in [0.2, 0.25) is 0 Å². The summed E-state index contributed by atoms with van der Waals surface area (Å²) in [5.74, 6) is 0.714. The van der Waals surface area contributed by atoms with Crippen molar-refractivity contribution in [1.29, 1.82) is 0 Å². The van der Waals surface area contributed by atoms with Crippen LogP contribution >= 0.6 is 0 Å². The third-order valence-electron chi connectivity index (χ3n) is 3.22. The highest BCUT2D eigenvalue weighted by Crippen LogP contribution is 2.28. The molecule has 0 aromatic rings. The van der Waals surface area contributed by atoms with Crippen LogP contribution in [0.1, 0.15) is 46.5 Å². The molecule has 1 rings (SSSR count). The second-order valence-corrected chi connectivity index (χ2v) is 5.61. The molecule has 0 saturated heterocycles. The van der Waals surface area contributed by atoms with Gasteiger partial charge in [0.25, 0.3) is 0 Å². The minimum Gasteiger partial charge on any atom is -0.351 e. The Labute approximate surface area is 92.8 Å². The van der Waals surface area contributed by atoms with Gasteiger partial charge in [0.05, 0.1) is 0 Å². The highest BCUT2D eigenvalue weighted by molar-refractivity contribution is 5.81. The Kier molecular flexibility index (Phi) is 4.14. The molecule has 15 heavy (non-hydrogen) atoms. The van der Waals surface area contributed by atoms with Crippen molar-refractivity contribution in [3.63, 3.8) is 0 Å². The lowest BCUT2D eigenvalue weighted by Crippen LogP contribution is -2.48. The Morgan fingerprint density at radius 2 is 1.93 bits per heavy atom. The molecule has 88 valence electrons. The summed E-state index contributed by atoms with van der Waals surface area (Å²) in [5.41, 5.74) is 5.42. The number of carbonyl (C=O) groups excluding carboxylic acids is 1. The van der Waals surface area contributed by atoms with Gasteiger partial charge in [-0.1, -0.05) is 33.6 Å². The van der Waals surface area contributed by atoms with Crippen LogP contribution in [0, 0.1) is 11.3 Å². The van der Waals surface area contributed by atoms with E-state index in [0.717, 1.165) is 0 Å². The molecule has 1 aliphatic rings. The van der Waals surface area contributed by atoms with Gasteiger partial charge in [-0.3, -0.25) is 4.79 Å². The zero-order valence-electron chi connectivity index (χ0n) is 10.2. The molecule has 1 fully saturated rings. The first-order valence-corrected chi connectivity index (χ1v) is 5.96. The van der Waals surface area contributed by atoms with Crippen LogP contribution in [0.5, 0.6) is 0 Å². The molecule has 1 aliphatic carbocycles. The SMILES string of the molecule is CC(C)(C)C(=O)NC(CN)C1CCCC1. The van der Waals surface area contributed by atoms with Crippen molar-refractivity contribution in [1.82, 2.24) is 5.32 Å². The third kappa shape index (κ3) is 3.49. The molecule has 1 amide bonds. The van der Waals surface area contributed by atoms with E-state index in [2.05, 4.69) is 5.32 Å². The van der Waals surface area contributed by atoms with Gasteiger partial charge in [0.1, 0.15) is 0 Å². The van der Waals surface area contributed by atoms with E-state index >= 15 is 0 Å². The number of hydrogen-bond donors (Lipinski definition) is 2. The Bertz CT molecular complexity index is 214. The van der Waals surface area contributed by atoms with Gasteiger partial charge in [0.15, 0.2) is 0 Å². The molecule has 0 aromatic carbocycles. The van der Waals surface area contributed by atoms with Crippen molar-refractivity contribution in [2.24, 2.45) is 17.1 Å². The molecular formula is C12H24N2O. The van der Waals surface area contributed by atoms with Gasteiger partial charge in [-0.25, -0.2) is 0 Å². The molecule has 0 aliphatic heterocycles. The molecule has 1 saturated carbocycles. The summed E-state index contributed by atoms with van der Waals surface area (Å²) < 4.78 is 0. The van der Waals surface area contributed by atoms with Crippen LogP contribution in [-0.4, -0.2) is 18.5 Å². The standard InChI is InChI=1S/C12H24N2O/c1-12(2,3)11(15)14-10(8-13)9-6-4-5-7-9/h9-10H,4-8,13H2,1-3H3,(H,14,15). The molecule has 0 heterocycles. The number of carbonyl (C=O) groups is 1. The zero-order valence-corrected chi connectivity index (χ0v) is 10.2. The fourth-order valence-electron chi connectivity index (χ4n) is 2.11. The van der Waals surface area contributed by atoms with E-state index in [1.165, 1.54) is 25.7 Å². The van der Waals surface area contributed by atoms with Gasteiger partial charge in [-0.2, -0.15) is 0 Å². The Morgan fingerprint density at radius 1 is 1.40 bits per heavy atom. The van der Waals surface area contributed by atoms with Crippen molar-refractivity contribution in [2.75, 3.05) is 6.54 Å². The van der Waals surface area contributed by atoms with E-state index in [-0.39, 0.29) is 17.4 Å². The van der Waals surface area contributed by atoms with Crippen molar-refractivity contribution in [3.8, 4) is 0 Å². The molecule has 3 nitrogen and oxygen atoms in total. The first kappa shape index (κ1) is 12.5. The molecule has 0 spiro atoms. The molecule has 1 atom stereocenters. The predicted molar refractivity (Wildman–Crippen MR) is 62.4 cm³/mol. The summed E-state index contributed by atoms with van der Waals surface area (Å²) >= 11 is 0. The fourth-order valence-corrected chi connectivity index (χ4v) is 2.11. The average molecular weight is 212 g/mol. The minimum atomic E-state index is -0.313. The first-order chi connectivity index (χ1) is 6.95. The highest BCUT2D eigenvalue weighted by atomic mass is 16.2. The van der Waals surface area contributed by atoms with Crippen molar-refractivity contribution in [3.05, 3.63) is 0 Å². The van der Waals surface area contributed by atoms with E-state index in [9.17, 15) is 4.79 Å². The fraction of sp³-hybridized carbons (Fsp3) is 0.917. The minimum absolute atomic E-state index is 0.116. The van der Waals surface area contributed by atoms with Crippen molar-refractivity contribution in [2.45, 2.75) is 52.5 Å². The molecule has 0 radical (unpaired) electrons. The summed E-state index contributed by atoms with van der Waals surface area (Å²) in [6, 6.07) is 0.180. The summed E-state index contributed by atoms with van der Waals surface area (Å²) in [6.45, 7) is 6.37. The van der Waals surface area contributed by atoms with Crippen molar-refractivity contribution >= 4 is 5.91 Å². The lowest BCUT2D eigenvalue weighted by molar-refractivity contribution is -0.129. The number of nitrogens with two attached hydrogens (primary N) is 1. The number of nitrogens with one attached hydrogen (secondary N) is 1. The molecule has 1 unspecified atom stereocenters. The normalized spacial score (nSPS) is 20.3. The van der Waals surface area contributed by atoms with Gasteiger partial charge >= 0.3 is 0 Å². The second kappa shape index (κ2) is 4.97. The van der Waals surface area contributed by atoms with Crippen LogP contribution < -0.4 is 11.1 Å². The van der Waals surface area contributed by atoms with E-state index < -0.39 is 0 Å². The monoisotopic (exact) mass is 212 g/mol. The maximum atomic E-state index is 11.8. The Morgan fingerprint density at radius 3 is 2.33 bits per heavy atom. The van der Waals surface area contributed by atoms with Gasteiger partial charge in [-0.15, -0.1) is 0 Å². The summed E-state index contributed by atoms with van der Waals surface area (Å²) in [7, 11) is 0. The molecule has 3 N–H and O–H groups in total. The van der Waals surface area contributed by atoms with Gasteiger partial charge in [-0.05, 0) is 18.8 Å². The molecule has 3 heteroatoms. The van der Waals surface area contributed by atoms with Crippen LogP contribution in [0.3, 0.4) is 0 Å². The van der Waals surface area contributed by atoms with Crippen LogP contribution in [0.4, 0.5) is 0 Å². The van der Waals surface area contributed by atoms with Gasteiger partial charge in [0, 0.05) is 18.0 Å². The maximum Gasteiger partial charge on any atom is 0.225 e. The zero-order chi connectivity index (χ0) is 11.5. The van der Waals surface area contributed by atoms with Crippen LogP contribution in [0.15, 0.2) is 0 Å². The van der Waals surface area contributed by atoms with Gasteiger partial charge in [0.2, 0.25) is 5.91 Å². The van der Waals surface area contributed by atoms with E-state index in [4.69, 9.17) is 5.73 Å². The summed E-state index contributed by atoms with van der Waals surface area (Å²) in [5, 5.41) is 3.08. The number of rotatable bonds is 3. The molecule has 0 bridgehead atoms. The van der Waals surface area contributed by atoms with Gasteiger partial charge < -0.3 is 11.1 Å². The Hall–Kier alpha value is -0.570. The average Bonchev–Trinajstić information content (AvgIpc) is 2.64. The molecule has 0 aromatic heterocycles. The molecular weight excluding hydrogens is 188 g/mol. The lowest BCUT2D eigenvalue weighted by atomic mass is 9.92. The summed E-state index contributed by atoms with van der Waals surface area (Å²) in [4.78, 5) is 11.8. The number of hydrogen-bond acceptors (Lipinski definition) is 2. The van der Waals surface area contributed by atoms with E-state index in [0.29, 0.717) is 12.5 Å². The number of amides is 1. The summed E-state index contributed by atoms with van der Waals surface area (Å²) in [6.07, 6.45) is 5.00. The topological polar surface area (TPSA) is 55.1 Å². The quantitative estimate of drug-likeness (QED) is 0.747. The van der Waals surface area contributed by atoms with Crippen molar-refractivity contribution < 1.29 is 4.79 Å². The van der Waals surface area contributed by atoms with Crippen LogP contribution in [0.25, 0.3) is 0 Å². The van der Waals surface area contributed by atoms with E-state index in [1.807, 2.05) is 20.8 Å². The van der Waals surface area contributed by atoms with E-state index in [1.54, 1.807) is 0 Å². The highest BCUT2D eigenvalue weighted by Gasteiger charge is 2.29. The Balaban J connectivity index is 2.49. The smallest absolute Gasteiger partial charge is 0.225 e. The second-order valence-electron chi connectivity index (χ2n) is 5.61. The van der Waals surface area contributed by atoms with Crippen LogP contribution in [-0.2, 0) is 4.79 Å². The predicted octanol–water partition coefficient (Wildman–Crippen LogP) is 1.67. The largest absolute Gasteiger partial charge is 0.351 e. The third-order valence-corrected chi connectivity index (χ3v) is 3.22. The lowest BCUT2D eigenvalue weighted by Gasteiger charge is -2.27. The first-order valence-electron chi connectivity index (χ1n) is 5.96.